The lowest BCUT2D eigenvalue weighted by Gasteiger charge is -2.42. The van der Waals surface area contributed by atoms with Crippen LogP contribution in [-0.2, 0) is 17.6 Å². The highest BCUT2D eigenvalue weighted by Crippen LogP contribution is 2.47. The summed E-state index contributed by atoms with van der Waals surface area (Å²) in [6.07, 6.45) is 11.5. The van der Waals surface area contributed by atoms with Gasteiger partial charge in [-0.15, -0.1) is 0 Å². The Bertz CT molecular complexity index is 1140. The van der Waals surface area contributed by atoms with Gasteiger partial charge in [-0.3, -0.25) is 10.2 Å². The summed E-state index contributed by atoms with van der Waals surface area (Å²) in [6.45, 7) is 1.76. The van der Waals surface area contributed by atoms with E-state index in [0.717, 1.165) is 61.2 Å². The second kappa shape index (κ2) is 5.63. The molecule has 1 aliphatic heterocycles. The average molecular weight is 359 g/mol. The molecule has 4 aromatic rings. The van der Waals surface area contributed by atoms with Crippen molar-refractivity contribution in [2.45, 2.75) is 32.1 Å². The molecule has 2 aliphatic rings. The Balaban J connectivity index is 1.65. The molecule has 0 unspecified atom stereocenters. The third-order valence-corrected chi connectivity index (χ3v) is 6.57. The second-order valence-electron chi connectivity index (χ2n) is 7.98. The highest BCUT2D eigenvalue weighted by molar-refractivity contribution is 6.07. The molecule has 1 aromatic carbocycles. The number of aromatic nitrogens is 5. The number of rotatable bonds is 1. The normalized spacial score (nSPS) is 19.0. The Hall–Kier alpha value is -2.73. The van der Waals surface area contributed by atoms with Crippen LogP contribution >= 0.6 is 0 Å². The van der Waals surface area contributed by atoms with Crippen LogP contribution in [0.3, 0.4) is 0 Å². The monoisotopic (exact) mass is 359 g/mol. The third kappa shape index (κ3) is 2.26. The van der Waals surface area contributed by atoms with E-state index in [1.54, 1.807) is 0 Å². The van der Waals surface area contributed by atoms with E-state index >= 15 is 0 Å². The molecule has 0 atom stereocenters. The molecule has 6 heteroatoms. The van der Waals surface area contributed by atoms with Crippen LogP contribution in [0.25, 0.3) is 33.1 Å². The molecule has 4 heterocycles. The zero-order valence-electron chi connectivity index (χ0n) is 15.1. The van der Waals surface area contributed by atoms with Gasteiger partial charge in [0.15, 0.2) is 0 Å². The Morgan fingerprint density at radius 3 is 2.78 bits per heavy atom. The van der Waals surface area contributed by atoms with E-state index in [9.17, 15) is 0 Å². The minimum Gasteiger partial charge on any atom is -0.381 e. The molecule has 0 saturated carbocycles. The van der Waals surface area contributed by atoms with Gasteiger partial charge >= 0.3 is 0 Å². The lowest BCUT2D eigenvalue weighted by atomic mass is 9.66. The van der Waals surface area contributed by atoms with Gasteiger partial charge < -0.3 is 4.74 Å². The van der Waals surface area contributed by atoms with Crippen molar-refractivity contribution in [3.05, 3.63) is 41.9 Å². The van der Waals surface area contributed by atoms with E-state index in [2.05, 4.69) is 32.5 Å². The second-order valence-corrected chi connectivity index (χ2v) is 7.98. The molecule has 136 valence electrons. The number of aromatic amines is 2. The number of pyridine rings is 1. The lowest BCUT2D eigenvalue weighted by Crippen LogP contribution is -2.35. The molecule has 1 fully saturated rings. The summed E-state index contributed by atoms with van der Waals surface area (Å²) in [4.78, 5) is 5.11. The van der Waals surface area contributed by atoms with Crippen LogP contribution in [0.5, 0.6) is 0 Å². The Labute approximate surface area is 156 Å². The quantitative estimate of drug-likeness (QED) is 0.542. The molecule has 2 N–H and O–H groups in total. The number of benzene rings is 1. The molecule has 1 aliphatic carbocycles. The van der Waals surface area contributed by atoms with Crippen molar-refractivity contribution in [2.75, 3.05) is 13.2 Å². The summed E-state index contributed by atoms with van der Waals surface area (Å²) in [6, 6.07) is 4.19. The fraction of sp³-hybridized carbons (Fsp3) is 0.381. The topological polar surface area (TPSA) is 79.5 Å². The smallest absolute Gasteiger partial charge is 0.0776 e. The number of hydrogen-bond acceptors (Lipinski definition) is 4. The molecule has 6 rings (SSSR count). The largest absolute Gasteiger partial charge is 0.381 e. The molecule has 27 heavy (non-hydrogen) atoms. The van der Waals surface area contributed by atoms with E-state index < -0.39 is 0 Å². The number of nitrogens with zero attached hydrogens (tertiary/aromatic N) is 3. The summed E-state index contributed by atoms with van der Waals surface area (Å²) in [5, 5.41) is 17.0. The fourth-order valence-electron chi connectivity index (χ4n) is 5.07. The first-order chi connectivity index (χ1) is 13.3. The first-order valence-electron chi connectivity index (χ1n) is 9.67. The molecule has 6 nitrogen and oxygen atoms in total. The van der Waals surface area contributed by atoms with Crippen LogP contribution in [0.4, 0.5) is 0 Å². The van der Waals surface area contributed by atoms with Crippen molar-refractivity contribution < 1.29 is 4.74 Å². The van der Waals surface area contributed by atoms with Gasteiger partial charge in [0.05, 0.1) is 29.1 Å². The maximum absolute atomic E-state index is 5.66. The average Bonchev–Trinajstić information content (AvgIpc) is 3.39. The zero-order valence-corrected chi connectivity index (χ0v) is 15.1. The van der Waals surface area contributed by atoms with Crippen molar-refractivity contribution in [2.24, 2.45) is 5.41 Å². The van der Waals surface area contributed by atoms with Gasteiger partial charge in [0.1, 0.15) is 0 Å². The molecular formula is C21H21N5O. The van der Waals surface area contributed by atoms with Crippen LogP contribution in [0.2, 0.25) is 0 Å². The molecule has 3 aromatic heterocycles. The van der Waals surface area contributed by atoms with Crippen molar-refractivity contribution in [1.29, 1.82) is 0 Å². The summed E-state index contributed by atoms with van der Waals surface area (Å²) in [7, 11) is 0. The van der Waals surface area contributed by atoms with Gasteiger partial charge in [-0.05, 0) is 60.8 Å². The van der Waals surface area contributed by atoms with Gasteiger partial charge in [-0.2, -0.15) is 10.2 Å². The maximum atomic E-state index is 5.66. The SMILES string of the molecule is c1n[nH]cc1-c1nc2ccc3[nH]ncc3c2c2c1CC1(CCOCC1)CC2. The summed E-state index contributed by atoms with van der Waals surface area (Å²) in [5.41, 5.74) is 7.47. The van der Waals surface area contributed by atoms with Crippen molar-refractivity contribution in [3.8, 4) is 11.3 Å². The Morgan fingerprint density at radius 2 is 1.93 bits per heavy atom. The zero-order chi connectivity index (χ0) is 17.8. The van der Waals surface area contributed by atoms with Crippen LogP contribution in [0.15, 0.2) is 30.7 Å². The third-order valence-electron chi connectivity index (χ3n) is 6.57. The first-order valence-corrected chi connectivity index (χ1v) is 9.67. The molecular weight excluding hydrogens is 338 g/mol. The van der Waals surface area contributed by atoms with Gasteiger partial charge in [-0.1, -0.05) is 0 Å². The van der Waals surface area contributed by atoms with E-state index in [0.29, 0.717) is 5.41 Å². The lowest BCUT2D eigenvalue weighted by molar-refractivity contribution is 0.00768. The fourth-order valence-corrected chi connectivity index (χ4v) is 5.07. The summed E-state index contributed by atoms with van der Waals surface area (Å²) in [5.74, 6) is 0. The molecule has 1 saturated heterocycles. The van der Waals surface area contributed by atoms with Crippen molar-refractivity contribution >= 4 is 21.8 Å². The van der Waals surface area contributed by atoms with Crippen LogP contribution in [0.1, 0.15) is 30.4 Å². The minimum atomic E-state index is 0.351. The minimum absolute atomic E-state index is 0.351. The molecule has 1 spiro atoms. The number of H-pyrrole nitrogens is 2. The van der Waals surface area contributed by atoms with Crippen LogP contribution in [0, 0.1) is 5.41 Å². The predicted molar refractivity (Wildman–Crippen MR) is 103 cm³/mol. The Kier molecular flexibility index (Phi) is 3.20. The molecule has 0 amide bonds. The molecule has 0 bridgehead atoms. The van der Waals surface area contributed by atoms with Gasteiger partial charge in [0.25, 0.3) is 0 Å². The first kappa shape index (κ1) is 15.3. The summed E-state index contributed by atoms with van der Waals surface area (Å²) < 4.78 is 5.66. The van der Waals surface area contributed by atoms with Gasteiger partial charge in [0.2, 0.25) is 0 Å². The molecule has 0 radical (unpaired) electrons. The number of ether oxygens (including phenoxy) is 1. The van der Waals surface area contributed by atoms with Crippen LogP contribution in [-0.4, -0.2) is 38.6 Å². The van der Waals surface area contributed by atoms with E-state index in [4.69, 9.17) is 9.72 Å². The van der Waals surface area contributed by atoms with Gasteiger partial charge in [-0.25, -0.2) is 4.98 Å². The number of hydrogen-bond donors (Lipinski definition) is 2. The highest BCUT2D eigenvalue weighted by Gasteiger charge is 2.38. The Morgan fingerprint density at radius 1 is 1.00 bits per heavy atom. The standard InChI is InChI=1S/C21H21N5O/c1-2-18-19(16-12-24-26-17(1)16)14-3-4-21(5-7-27-8-6-21)9-15(14)20(25-18)13-10-22-23-11-13/h1-2,10-12H,3-9H2,(H,22,23)(H,24,26). The summed E-state index contributed by atoms with van der Waals surface area (Å²) >= 11 is 0. The maximum Gasteiger partial charge on any atom is 0.0776 e. The number of nitrogens with one attached hydrogen (secondary N) is 2. The number of fused-ring (bicyclic) bond motifs is 5. The van der Waals surface area contributed by atoms with Gasteiger partial charge in [0, 0.05) is 35.7 Å². The van der Waals surface area contributed by atoms with E-state index in [1.807, 2.05) is 18.6 Å². The van der Waals surface area contributed by atoms with Crippen molar-refractivity contribution in [3.63, 3.8) is 0 Å². The van der Waals surface area contributed by atoms with E-state index in [-0.39, 0.29) is 0 Å². The number of aryl methyl sites for hydroxylation is 1. The predicted octanol–water partition coefficient (Wildman–Crippen LogP) is 3.79. The highest BCUT2D eigenvalue weighted by atomic mass is 16.5. The van der Waals surface area contributed by atoms with Crippen LogP contribution < -0.4 is 0 Å². The van der Waals surface area contributed by atoms with Crippen molar-refractivity contribution in [1.82, 2.24) is 25.4 Å². The van der Waals surface area contributed by atoms with E-state index in [1.165, 1.54) is 28.3 Å².